The number of carbonyl (C=O) groups is 1. The Morgan fingerprint density at radius 1 is 1.38 bits per heavy atom. The largest absolute Gasteiger partial charge is 0.480 e. The number of hydrogen-bond donors (Lipinski definition) is 1. The summed E-state index contributed by atoms with van der Waals surface area (Å²) >= 11 is 0. The molecule has 0 aromatic carbocycles. The standard InChI is InChI=1S/C10H21NO2/c1-10(2,3)7-6-8(9(12)13)11(4)5/h8H,6-7H2,1-5H3,(H,12,13). The Kier molecular flexibility index (Phi) is 4.40. The Bertz CT molecular complexity index is 170. The average molecular weight is 187 g/mol. The molecule has 3 nitrogen and oxygen atoms in total. The normalized spacial score (nSPS) is 14.6. The summed E-state index contributed by atoms with van der Waals surface area (Å²) in [5.74, 6) is -0.728. The van der Waals surface area contributed by atoms with Crippen molar-refractivity contribution >= 4 is 5.97 Å². The first-order chi connectivity index (χ1) is 5.74. The lowest BCUT2D eigenvalue weighted by Crippen LogP contribution is -2.36. The maximum atomic E-state index is 10.8. The number of nitrogens with zero attached hydrogens (tertiary/aromatic N) is 1. The zero-order valence-corrected chi connectivity index (χ0v) is 9.29. The second kappa shape index (κ2) is 4.61. The molecule has 0 bridgehead atoms. The van der Waals surface area contributed by atoms with Crippen molar-refractivity contribution in [3.8, 4) is 0 Å². The monoisotopic (exact) mass is 187 g/mol. The lowest BCUT2D eigenvalue weighted by molar-refractivity contribution is -0.142. The van der Waals surface area contributed by atoms with Gasteiger partial charge < -0.3 is 5.11 Å². The van der Waals surface area contributed by atoms with E-state index >= 15 is 0 Å². The fourth-order valence-corrected chi connectivity index (χ4v) is 1.17. The maximum Gasteiger partial charge on any atom is 0.320 e. The summed E-state index contributed by atoms with van der Waals surface area (Å²) < 4.78 is 0. The smallest absolute Gasteiger partial charge is 0.320 e. The van der Waals surface area contributed by atoms with Gasteiger partial charge >= 0.3 is 5.97 Å². The molecule has 0 heterocycles. The van der Waals surface area contributed by atoms with Crippen LogP contribution in [0.25, 0.3) is 0 Å². The van der Waals surface area contributed by atoms with Crippen LogP contribution in [0.1, 0.15) is 33.6 Å². The highest BCUT2D eigenvalue weighted by molar-refractivity contribution is 5.73. The fourth-order valence-electron chi connectivity index (χ4n) is 1.17. The van der Waals surface area contributed by atoms with E-state index in [-0.39, 0.29) is 11.5 Å². The van der Waals surface area contributed by atoms with Gasteiger partial charge in [0.25, 0.3) is 0 Å². The number of likely N-dealkylation sites (N-methyl/N-ethyl adjacent to an activating group) is 1. The summed E-state index contributed by atoms with van der Waals surface area (Å²) in [7, 11) is 3.61. The molecule has 0 radical (unpaired) electrons. The summed E-state index contributed by atoms with van der Waals surface area (Å²) in [6, 6.07) is -0.348. The zero-order valence-electron chi connectivity index (χ0n) is 9.29. The van der Waals surface area contributed by atoms with Gasteiger partial charge in [0, 0.05) is 0 Å². The minimum absolute atomic E-state index is 0.212. The van der Waals surface area contributed by atoms with Crippen molar-refractivity contribution in [3.05, 3.63) is 0 Å². The average Bonchev–Trinajstić information content (AvgIpc) is 1.82. The first-order valence-electron chi connectivity index (χ1n) is 4.63. The highest BCUT2D eigenvalue weighted by Gasteiger charge is 2.22. The number of carboxylic acid groups (broad SMARTS) is 1. The second-order valence-corrected chi connectivity index (χ2v) is 4.92. The lowest BCUT2D eigenvalue weighted by Gasteiger charge is -2.24. The van der Waals surface area contributed by atoms with Gasteiger partial charge in [-0.2, -0.15) is 0 Å². The van der Waals surface area contributed by atoms with Crippen LogP contribution in [0.5, 0.6) is 0 Å². The molecule has 0 aliphatic heterocycles. The quantitative estimate of drug-likeness (QED) is 0.730. The van der Waals surface area contributed by atoms with Gasteiger partial charge in [-0.05, 0) is 32.4 Å². The van der Waals surface area contributed by atoms with Crippen molar-refractivity contribution in [3.63, 3.8) is 0 Å². The second-order valence-electron chi connectivity index (χ2n) is 4.92. The minimum atomic E-state index is -0.728. The Morgan fingerprint density at radius 2 is 1.85 bits per heavy atom. The van der Waals surface area contributed by atoms with Gasteiger partial charge in [-0.1, -0.05) is 20.8 Å². The maximum absolute atomic E-state index is 10.8. The Balaban J connectivity index is 4.06. The van der Waals surface area contributed by atoms with Crippen LogP contribution in [0, 0.1) is 5.41 Å². The summed E-state index contributed by atoms with van der Waals surface area (Å²) in [6.45, 7) is 6.38. The van der Waals surface area contributed by atoms with E-state index in [1.807, 2.05) is 0 Å². The summed E-state index contributed by atoms with van der Waals surface area (Å²) in [5, 5.41) is 8.90. The summed E-state index contributed by atoms with van der Waals surface area (Å²) in [6.07, 6.45) is 1.65. The Labute approximate surface area is 80.7 Å². The molecule has 0 fully saturated rings. The van der Waals surface area contributed by atoms with Gasteiger partial charge in [0.05, 0.1) is 0 Å². The molecule has 0 rings (SSSR count). The van der Waals surface area contributed by atoms with Crippen molar-refractivity contribution in [2.45, 2.75) is 39.7 Å². The predicted octanol–water partition coefficient (Wildman–Crippen LogP) is 1.83. The molecule has 0 spiro atoms. The third-order valence-corrected chi connectivity index (χ3v) is 2.08. The minimum Gasteiger partial charge on any atom is -0.480 e. The number of hydrogen-bond acceptors (Lipinski definition) is 2. The van der Waals surface area contributed by atoms with Crippen molar-refractivity contribution in [1.29, 1.82) is 0 Å². The Hall–Kier alpha value is -0.570. The van der Waals surface area contributed by atoms with Crippen LogP contribution in [0.15, 0.2) is 0 Å². The van der Waals surface area contributed by atoms with Crippen LogP contribution in [-0.2, 0) is 4.79 Å². The van der Waals surface area contributed by atoms with Crippen molar-refractivity contribution in [2.75, 3.05) is 14.1 Å². The SMILES string of the molecule is CN(C)C(CCC(C)(C)C)C(=O)O. The molecule has 0 aromatic heterocycles. The zero-order chi connectivity index (χ0) is 10.6. The van der Waals surface area contributed by atoms with E-state index in [1.54, 1.807) is 19.0 Å². The summed E-state index contributed by atoms with van der Waals surface area (Å²) in [5.41, 5.74) is 0.212. The van der Waals surface area contributed by atoms with Crippen LogP contribution in [0.2, 0.25) is 0 Å². The molecular weight excluding hydrogens is 166 g/mol. The number of carboxylic acids is 1. The van der Waals surface area contributed by atoms with E-state index in [9.17, 15) is 4.79 Å². The van der Waals surface area contributed by atoms with Crippen molar-refractivity contribution in [2.24, 2.45) is 5.41 Å². The number of rotatable bonds is 4. The third-order valence-electron chi connectivity index (χ3n) is 2.08. The van der Waals surface area contributed by atoms with E-state index in [0.717, 1.165) is 6.42 Å². The van der Waals surface area contributed by atoms with E-state index in [4.69, 9.17) is 5.11 Å². The third kappa shape index (κ3) is 5.64. The molecule has 0 amide bonds. The van der Waals surface area contributed by atoms with E-state index in [2.05, 4.69) is 20.8 Å². The molecule has 1 atom stereocenters. The van der Waals surface area contributed by atoms with E-state index < -0.39 is 5.97 Å². The van der Waals surface area contributed by atoms with Gasteiger partial charge in [-0.15, -0.1) is 0 Å². The van der Waals surface area contributed by atoms with Gasteiger partial charge in [0.2, 0.25) is 0 Å². The highest BCUT2D eigenvalue weighted by Crippen LogP contribution is 2.22. The van der Waals surface area contributed by atoms with Crippen LogP contribution in [0.4, 0.5) is 0 Å². The van der Waals surface area contributed by atoms with E-state index in [0.29, 0.717) is 6.42 Å². The molecule has 13 heavy (non-hydrogen) atoms. The van der Waals surface area contributed by atoms with Gasteiger partial charge in [0.15, 0.2) is 0 Å². The fraction of sp³-hybridized carbons (Fsp3) is 0.900. The lowest BCUT2D eigenvalue weighted by atomic mass is 9.88. The van der Waals surface area contributed by atoms with Crippen LogP contribution < -0.4 is 0 Å². The molecule has 3 heteroatoms. The molecule has 0 aliphatic carbocycles. The molecule has 0 aromatic rings. The van der Waals surface area contributed by atoms with Gasteiger partial charge in [-0.25, -0.2) is 0 Å². The highest BCUT2D eigenvalue weighted by atomic mass is 16.4. The molecule has 1 N–H and O–H groups in total. The van der Waals surface area contributed by atoms with E-state index in [1.165, 1.54) is 0 Å². The van der Waals surface area contributed by atoms with Crippen LogP contribution in [0.3, 0.4) is 0 Å². The van der Waals surface area contributed by atoms with Crippen molar-refractivity contribution < 1.29 is 9.90 Å². The number of aliphatic carboxylic acids is 1. The molecule has 0 aliphatic rings. The molecule has 0 saturated carbocycles. The molecule has 1 unspecified atom stereocenters. The topological polar surface area (TPSA) is 40.5 Å². The summed E-state index contributed by atoms with van der Waals surface area (Å²) in [4.78, 5) is 12.6. The molecule has 0 saturated heterocycles. The van der Waals surface area contributed by atoms with Crippen molar-refractivity contribution in [1.82, 2.24) is 4.90 Å². The first-order valence-corrected chi connectivity index (χ1v) is 4.63. The van der Waals surface area contributed by atoms with Gasteiger partial charge in [-0.3, -0.25) is 9.69 Å². The van der Waals surface area contributed by atoms with Crippen LogP contribution >= 0.6 is 0 Å². The first kappa shape index (κ1) is 12.4. The predicted molar refractivity (Wildman–Crippen MR) is 53.8 cm³/mol. The van der Waals surface area contributed by atoms with Gasteiger partial charge in [0.1, 0.15) is 6.04 Å². The Morgan fingerprint density at radius 3 is 2.08 bits per heavy atom. The molecular formula is C10H21NO2. The van der Waals surface area contributed by atoms with Crippen LogP contribution in [-0.4, -0.2) is 36.1 Å². The molecule has 78 valence electrons.